The molecule has 0 heterocycles. The Hall–Kier alpha value is -0.910. The molecule has 0 atom stereocenters. The van der Waals surface area contributed by atoms with Crippen LogP contribution in [0, 0.1) is 13.8 Å². The van der Waals surface area contributed by atoms with E-state index in [9.17, 15) is 8.42 Å². The van der Waals surface area contributed by atoms with Crippen LogP contribution in [0.2, 0.25) is 0 Å². The zero-order valence-corrected chi connectivity index (χ0v) is 11.7. The molecule has 1 aromatic carbocycles. The molecule has 0 amide bonds. The average Bonchev–Trinajstić information content (AvgIpc) is 3.13. The first-order valence-electron chi connectivity index (χ1n) is 6.26. The van der Waals surface area contributed by atoms with Crippen LogP contribution in [0.3, 0.4) is 0 Å². The lowest BCUT2D eigenvalue weighted by Gasteiger charge is -2.22. The van der Waals surface area contributed by atoms with Gasteiger partial charge in [-0.25, -0.2) is 8.42 Å². The summed E-state index contributed by atoms with van der Waals surface area (Å²) >= 11 is 0. The minimum Gasteiger partial charge on any atom is -0.329 e. The first kappa shape index (κ1) is 13.5. The number of benzene rings is 1. The predicted molar refractivity (Wildman–Crippen MR) is 71.9 cm³/mol. The van der Waals surface area contributed by atoms with Gasteiger partial charge in [0.05, 0.1) is 4.90 Å². The summed E-state index contributed by atoms with van der Waals surface area (Å²) in [5, 5.41) is 0. The third-order valence-electron chi connectivity index (χ3n) is 3.23. The van der Waals surface area contributed by atoms with Crippen molar-refractivity contribution in [3.63, 3.8) is 0 Å². The minimum atomic E-state index is -3.40. The first-order valence-corrected chi connectivity index (χ1v) is 7.70. The van der Waals surface area contributed by atoms with Crippen molar-refractivity contribution in [2.24, 2.45) is 5.73 Å². The third-order valence-corrected chi connectivity index (χ3v) is 5.33. The molecule has 4 nitrogen and oxygen atoms in total. The Labute approximate surface area is 109 Å². The summed E-state index contributed by atoms with van der Waals surface area (Å²) in [6.07, 6.45) is 1.90. The van der Waals surface area contributed by atoms with Crippen LogP contribution in [0.1, 0.15) is 24.0 Å². The fraction of sp³-hybridized carbons (Fsp3) is 0.538. The Kier molecular flexibility index (Phi) is 3.75. The molecule has 0 saturated heterocycles. The monoisotopic (exact) mass is 268 g/mol. The standard InChI is InChI=1S/C13H20N2O2S/c1-10-3-4-11(2)13(9-10)18(16,17)15(8-7-14)12-5-6-12/h3-4,9,12H,5-8,14H2,1-2H3. The number of hydrogen-bond donors (Lipinski definition) is 1. The molecule has 0 spiro atoms. The Morgan fingerprint density at radius 2 is 2.00 bits per heavy atom. The fourth-order valence-corrected chi connectivity index (χ4v) is 4.11. The van der Waals surface area contributed by atoms with Gasteiger partial charge in [0.2, 0.25) is 10.0 Å². The number of nitrogens with two attached hydrogens (primary N) is 1. The molecule has 1 aliphatic carbocycles. The first-order chi connectivity index (χ1) is 8.46. The highest BCUT2D eigenvalue weighted by Crippen LogP contribution is 2.32. The Bertz CT molecular complexity index is 536. The van der Waals surface area contributed by atoms with E-state index in [4.69, 9.17) is 5.73 Å². The number of nitrogens with zero attached hydrogens (tertiary/aromatic N) is 1. The van der Waals surface area contributed by atoms with Crippen LogP contribution in [0.5, 0.6) is 0 Å². The lowest BCUT2D eigenvalue weighted by Crippen LogP contribution is -2.37. The molecule has 0 aromatic heterocycles. The molecule has 5 heteroatoms. The molecule has 100 valence electrons. The van der Waals surface area contributed by atoms with Crippen molar-refractivity contribution in [3.05, 3.63) is 29.3 Å². The summed E-state index contributed by atoms with van der Waals surface area (Å²) in [6.45, 7) is 4.50. The zero-order chi connectivity index (χ0) is 13.3. The van der Waals surface area contributed by atoms with Crippen LogP contribution < -0.4 is 5.73 Å². The SMILES string of the molecule is Cc1ccc(C)c(S(=O)(=O)N(CCN)C2CC2)c1. The topological polar surface area (TPSA) is 63.4 Å². The van der Waals surface area contributed by atoms with Crippen LogP contribution in [0.4, 0.5) is 0 Å². The van der Waals surface area contributed by atoms with Crippen LogP contribution in [0.15, 0.2) is 23.1 Å². The van der Waals surface area contributed by atoms with E-state index in [1.54, 1.807) is 10.4 Å². The van der Waals surface area contributed by atoms with Crippen molar-refractivity contribution in [1.82, 2.24) is 4.31 Å². The summed E-state index contributed by atoms with van der Waals surface area (Å²) < 4.78 is 26.9. The molecule has 0 aliphatic heterocycles. The summed E-state index contributed by atoms with van der Waals surface area (Å²) in [6, 6.07) is 5.68. The Morgan fingerprint density at radius 1 is 1.33 bits per heavy atom. The second-order valence-electron chi connectivity index (χ2n) is 4.90. The maximum Gasteiger partial charge on any atom is 0.243 e. The predicted octanol–water partition coefficient (Wildman–Crippen LogP) is 1.42. The molecular weight excluding hydrogens is 248 g/mol. The molecule has 18 heavy (non-hydrogen) atoms. The summed E-state index contributed by atoms with van der Waals surface area (Å²) in [7, 11) is -3.40. The molecule has 0 bridgehead atoms. The van der Waals surface area contributed by atoms with Crippen molar-refractivity contribution in [2.75, 3.05) is 13.1 Å². The summed E-state index contributed by atoms with van der Waals surface area (Å²) in [5.74, 6) is 0. The molecule has 2 rings (SSSR count). The van der Waals surface area contributed by atoms with E-state index in [-0.39, 0.29) is 6.04 Å². The van der Waals surface area contributed by atoms with E-state index in [1.165, 1.54) is 0 Å². The smallest absolute Gasteiger partial charge is 0.243 e. The maximum absolute atomic E-state index is 12.6. The van der Waals surface area contributed by atoms with E-state index in [2.05, 4.69) is 0 Å². The fourth-order valence-electron chi connectivity index (χ4n) is 2.10. The van der Waals surface area contributed by atoms with Gasteiger partial charge in [0.1, 0.15) is 0 Å². The minimum absolute atomic E-state index is 0.151. The van der Waals surface area contributed by atoms with Crippen LogP contribution >= 0.6 is 0 Å². The van der Waals surface area contributed by atoms with Crippen LogP contribution in [0.25, 0.3) is 0 Å². The molecule has 1 aromatic rings. The highest BCUT2D eigenvalue weighted by atomic mass is 32.2. The van der Waals surface area contributed by atoms with E-state index >= 15 is 0 Å². The second-order valence-corrected chi connectivity index (χ2v) is 6.76. The summed E-state index contributed by atoms with van der Waals surface area (Å²) in [5.41, 5.74) is 7.29. The molecule has 1 aliphatic rings. The molecule has 1 fully saturated rings. The van der Waals surface area contributed by atoms with Gasteiger partial charge in [0.15, 0.2) is 0 Å². The highest BCUT2D eigenvalue weighted by Gasteiger charge is 2.37. The number of hydrogen-bond acceptors (Lipinski definition) is 3. The van der Waals surface area contributed by atoms with Gasteiger partial charge in [-0.2, -0.15) is 4.31 Å². The van der Waals surface area contributed by atoms with Gasteiger partial charge in [0.25, 0.3) is 0 Å². The largest absolute Gasteiger partial charge is 0.329 e. The molecule has 0 radical (unpaired) electrons. The Morgan fingerprint density at radius 3 is 2.56 bits per heavy atom. The second kappa shape index (κ2) is 4.99. The van der Waals surface area contributed by atoms with Crippen molar-refractivity contribution >= 4 is 10.0 Å². The van der Waals surface area contributed by atoms with Gasteiger partial charge in [0, 0.05) is 19.1 Å². The van der Waals surface area contributed by atoms with Gasteiger partial charge in [-0.1, -0.05) is 12.1 Å². The van der Waals surface area contributed by atoms with E-state index in [0.29, 0.717) is 18.0 Å². The zero-order valence-electron chi connectivity index (χ0n) is 10.9. The van der Waals surface area contributed by atoms with Crippen LogP contribution in [-0.2, 0) is 10.0 Å². The lowest BCUT2D eigenvalue weighted by atomic mass is 10.2. The van der Waals surface area contributed by atoms with Crippen molar-refractivity contribution in [2.45, 2.75) is 37.6 Å². The van der Waals surface area contributed by atoms with Gasteiger partial charge in [-0.05, 0) is 43.9 Å². The van der Waals surface area contributed by atoms with Gasteiger partial charge >= 0.3 is 0 Å². The van der Waals surface area contributed by atoms with E-state index < -0.39 is 10.0 Å². The van der Waals surface area contributed by atoms with Gasteiger partial charge < -0.3 is 5.73 Å². The van der Waals surface area contributed by atoms with E-state index in [1.807, 2.05) is 26.0 Å². The van der Waals surface area contributed by atoms with Crippen molar-refractivity contribution in [3.8, 4) is 0 Å². The number of sulfonamides is 1. The van der Waals surface area contributed by atoms with Crippen molar-refractivity contribution in [1.29, 1.82) is 0 Å². The summed E-state index contributed by atoms with van der Waals surface area (Å²) in [4.78, 5) is 0.419. The molecule has 0 unspecified atom stereocenters. The Balaban J connectivity index is 2.42. The number of rotatable bonds is 5. The average molecular weight is 268 g/mol. The third kappa shape index (κ3) is 2.58. The van der Waals surface area contributed by atoms with E-state index in [0.717, 1.165) is 24.0 Å². The lowest BCUT2D eigenvalue weighted by molar-refractivity contribution is 0.411. The normalized spacial score (nSPS) is 16.2. The van der Waals surface area contributed by atoms with Crippen molar-refractivity contribution < 1.29 is 8.42 Å². The quantitative estimate of drug-likeness (QED) is 0.878. The van der Waals surface area contributed by atoms with Crippen LogP contribution in [-0.4, -0.2) is 31.9 Å². The maximum atomic E-state index is 12.6. The highest BCUT2D eigenvalue weighted by molar-refractivity contribution is 7.89. The molecule has 1 saturated carbocycles. The number of aryl methyl sites for hydroxylation is 2. The molecular formula is C13H20N2O2S. The van der Waals surface area contributed by atoms with Gasteiger partial charge in [-0.15, -0.1) is 0 Å². The van der Waals surface area contributed by atoms with Gasteiger partial charge in [-0.3, -0.25) is 0 Å². The molecule has 2 N–H and O–H groups in total.